The number of methoxy groups -OCH3 is 3. The van der Waals surface area contributed by atoms with E-state index >= 15 is 0 Å². The van der Waals surface area contributed by atoms with Crippen LogP contribution in [0.5, 0.6) is 11.5 Å². The van der Waals surface area contributed by atoms with E-state index < -0.39 is 0 Å². The summed E-state index contributed by atoms with van der Waals surface area (Å²) in [6.07, 6.45) is 16.3. The van der Waals surface area contributed by atoms with Crippen LogP contribution in [0.1, 0.15) is 83.6 Å². The van der Waals surface area contributed by atoms with Crippen molar-refractivity contribution in [1.29, 1.82) is 0 Å². The first-order chi connectivity index (χ1) is 26.3. The largest absolute Gasteiger partial charge is 0.497 e. The van der Waals surface area contributed by atoms with Crippen molar-refractivity contribution in [2.75, 3.05) is 45.9 Å². The summed E-state index contributed by atoms with van der Waals surface area (Å²) in [7, 11) is 7.21. The molecule has 1 aliphatic carbocycles. The van der Waals surface area contributed by atoms with E-state index in [1.54, 1.807) is 21.3 Å². The molecular weight excluding hydrogens is 687 g/mol. The van der Waals surface area contributed by atoms with Gasteiger partial charge in [-0.3, -0.25) is 0 Å². The fourth-order valence-electron chi connectivity index (χ4n) is 8.36. The summed E-state index contributed by atoms with van der Waals surface area (Å²) in [5, 5.41) is 0. The lowest BCUT2D eigenvalue weighted by molar-refractivity contribution is -0.671. The van der Waals surface area contributed by atoms with Gasteiger partial charge < -0.3 is 28.6 Å². The van der Waals surface area contributed by atoms with E-state index in [-0.39, 0.29) is 22.9 Å². The maximum atomic E-state index is 11.6. The molecule has 1 atom stereocenters. The molecule has 6 rings (SSSR count). The van der Waals surface area contributed by atoms with Crippen LogP contribution < -0.4 is 18.9 Å². The molecule has 0 spiro atoms. The lowest BCUT2D eigenvalue weighted by atomic mass is 9.81. The van der Waals surface area contributed by atoms with Crippen molar-refractivity contribution < 1.29 is 32.9 Å². The second kappa shape index (κ2) is 16.4. The third kappa shape index (κ3) is 7.79. The second-order valence-electron chi connectivity index (χ2n) is 16.2. The summed E-state index contributed by atoms with van der Waals surface area (Å²) in [6.45, 7) is 15.5. The Morgan fingerprint density at radius 3 is 2.20 bits per heavy atom. The topological polar surface area (TPSA) is 64.1 Å². The molecule has 0 saturated heterocycles. The number of rotatable bonds is 15. The van der Waals surface area contributed by atoms with Crippen molar-refractivity contribution in [3.8, 4) is 11.5 Å². The molecule has 0 radical (unpaired) electrons. The van der Waals surface area contributed by atoms with E-state index in [0.717, 1.165) is 59.9 Å². The lowest BCUT2D eigenvalue weighted by Gasteiger charge is -2.27. The Kier molecular flexibility index (Phi) is 11.9. The van der Waals surface area contributed by atoms with Gasteiger partial charge in [-0.05, 0) is 91.8 Å². The zero-order valence-corrected chi connectivity index (χ0v) is 34.4. The van der Waals surface area contributed by atoms with Gasteiger partial charge in [-0.15, -0.1) is 0 Å². The van der Waals surface area contributed by atoms with Crippen LogP contribution in [0.3, 0.4) is 0 Å². The third-order valence-electron chi connectivity index (χ3n) is 11.5. The van der Waals surface area contributed by atoms with Gasteiger partial charge in [0.1, 0.15) is 43.3 Å². The monoisotopic (exact) mass is 745 g/mol. The van der Waals surface area contributed by atoms with Gasteiger partial charge in [-0.2, -0.15) is 4.58 Å². The number of aryl methyl sites for hydroxylation is 1. The Morgan fingerprint density at radius 2 is 1.55 bits per heavy atom. The first-order valence-corrected chi connectivity index (χ1v) is 19.5. The van der Waals surface area contributed by atoms with Crippen LogP contribution in [-0.4, -0.2) is 57.6 Å². The molecule has 290 valence electrons. The highest BCUT2D eigenvalue weighted by Gasteiger charge is 2.45. The highest BCUT2D eigenvalue weighted by Crippen LogP contribution is 2.49. The molecule has 2 aliphatic heterocycles. The number of pyridine rings is 1. The molecule has 8 nitrogen and oxygen atoms in total. The van der Waals surface area contributed by atoms with Gasteiger partial charge in [-0.25, -0.2) is 4.57 Å². The summed E-state index contributed by atoms with van der Waals surface area (Å²) < 4.78 is 28.5. The van der Waals surface area contributed by atoms with Gasteiger partial charge in [0, 0.05) is 72.3 Å². The Morgan fingerprint density at radius 1 is 0.855 bits per heavy atom. The van der Waals surface area contributed by atoms with Crippen LogP contribution in [0.2, 0.25) is 0 Å². The van der Waals surface area contributed by atoms with Crippen molar-refractivity contribution in [3.63, 3.8) is 0 Å². The molecule has 3 aromatic rings. The standard InChI is InChI=1S/C47H59N3O5/c1-32(2)44(35-22-25-48(7)26-23-35)55-45-33(14-20-42-46(3,4)38-30-36(53-9)16-18-40(38)49(42)24-11-28-51)12-13-34(45)15-21-43-47(5,6)39-31-37(54-10)17-19-41(39)50(43)27-29-52-8/h14-23,25-26,28,30-32,44H,11-13,24,27,29H2,1-10H3/q+2. The van der Waals surface area contributed by atoms with Gasteiger partial charge in [0.05, 0.1) is 19.6 Å². The smallest absolute Gasteiger partial charge is 0.210 e. The number of fused-ring (bicyclic) bond motifs is 2. The molecular formula is C47H59N3O5+2. The Balaban J connectivity index is 1.46. The quantitative estimate of drug-likeness (QED) is 0.115. The minimum Gasteiger partial charge on any atom is -0.497 e. The van der Waals surface area contributed by atoms with Gasteiger partial charge in [0.25, 0.3) is 0 Å². The van der Waals surface area contributed by atoms with E-state index in [0.29, 0.717) is 19.6 Å². The maximum Gasteiger partial charge on any atom is 0.210 e. The van der Waals surface area contributed by atoms with Crippen molar-refractivity contribution in [2.45, 2.75) is 77.7 Å². The van der Waals surface area contributed by atoms with E-state index in [1.165, 1.54) is 33.7 Å². The summed E-state index contributed by atoms with van der Waals surface area (Å²) in [6, 6.07) is 16.9. The maximum absolute atomic E-state index is 11.6. The van der Waals surface area contributed by atoms with Gasteiger partial charge in [0.15, 0.2) is 24.7 Å². The minimum atomic E-state index is -0.302. The number of carbonyl (C=O) groups excluding carboxylic acids is 1. The molecule has 8 heteroatoms. The van der Waals surface area contributed by atoms with Crippen LogP contribution >= 0.6 is 0 Å². The van der Waals surface area contributed by atoms with Gasteiger partial charge in [-0.1, -0.05) is 33.8 Å². The van der Waals surface area contributed by atoms with E-state index in [2.05, 4.69) is 129 Å². The fraction of sp³-hybridized carbons (Fsp3) is 0.426. The first kappa shape index (κ1) is 39.7. The Hall–Kier alpha value is -4.95. The van der Waals surface area contributed by atoms with Crippen LogP contribution in [0.25, 0.3) is 0 Å². The molecule has 3 aliphatic rings. The molecule has 0 N–H and O–H groups in total. The molecule has 2 aromatic carbocycles. The Labute approximate surface area is 328 Å². The van der Waals surface area contributed by atoms with E-state index in [4.69, 9.17) is 18.9 Å². The molecule has 1 unspecified atom stereocenters. The normalized spacial score (nSPS) is 19.2. The van der Waals surface area contributed by atoms with Gasteiger partial charge >= 0.3 is 0 Å². The van der Waals surface area contributed by atoms with Crippen molar-refractivity contribution >= 4 is 23.4 Å². The number of aldehydes is 1. The van der Waals surface area contributed by atoms with E-state index in [1.807, 2.05) is 19.2 Å². The molecule has 0 saturated carbocycles. The average Bonchev–Trinajstić information content (AvgIpc) is 3.73. The highest BCUT2D eigenvalue weighted by molar-refractivity contribution is 6.03. The molecule has 0 bridgehead atoms. The summed E-state index contributed by atoms with van der Waals surface area (Å²) >= 11 is 0. The predicted octanol–water partition coefficient (Wildman–Crippen LogP) is 8.77. The predicted molar refractivity (Wildman–Crippen MR) is 220 cm³/mol. The molecule has 0 amide bonds. The summed E-state index contributed by atoms with van der Waals surface area (Å²) in [5.74, 6) is 2.86. The van der Waals surface area contributed by atoms with E-state index in [9.17, 15) is 4.79 Å². The van der Waals surface area contributed by atoms with Crippen molar-refractivity contribution in [3.05, 3.63) is 125 Å². The van der Waals surface area contributed by atoms with Gasteiger partial charge in [0.2, 0.25) is 5.69 Å². The number of anilines is 1. The number of hydrogen-bond donors (Lipinski definition) is 0. The van der Waals surface area contributed by atoms with Crippen LogP contribution in [0.4, 0.5) is 11.4 Å². The molecule has 0 fully saturated rings. The third-order valence-corrected chi connectivity index (χ3v) is 11.5. The minimum absolute atomic E-state index is 0.136. The first-order valence-electron chi connectivity index (χ1n) is 19.5. The summed E-state index contributed by atoms with van der Waals surface area (Å²) in [5.41, 5.74) is 10.0. The number of hydrogen-bond acceptors (Lipinski definition) is 6. The highest BCUT2D eigenvalue weighted by atomic mass is 16.5. The Bertz CT molecular complexity index is 2070. The zero-order chi connectivity index (χ0) is 39.5. The SMILES string of the molecule is COCC[N+]1=C(/C=C/C2=C(OC(c3cc[n+](C)cc3)C(C)C)C(=C/C=C3/N(CCC=O)c4ccc(OC)cc4C3(C)C)/CC2)C(C)(C)c2cc(OC)ccc21. The van der Waals surface area contributed by atoms with Crippen LogP contribution in [0.15, 0.2) is 108 Å². The van der Waals surface area contributed by atoms with Crippen molar-refractivity contribution in [2.24, 2.45) is 13.0 Å². The summed E-state index contributed by atoms with van der Waals surface area (Å²) in [4.78, 5) is 13.9. The van der Waals surface area contributed by atoms with Crippen molar-refractivity contribution in [1.82, 2.24) is 0 Å². The zero-order valence-electron chi connectivity index (χ0n) is 34.4. The number of benzene rings is 2. The number of aromatic nitrogens is 1. The lowest BCUT2D eigenvalue weighted by Crippen LogP contribution is -2.28. The molecule has 1 aromatic heterocycles. The second-order valence-corrected chi connectivity index (χ2v) is 16.2. The fourth-order valence-corrected chi connectivity index (χ4v) is 8.36. The number of nitrogens with zero attached hydrogens (tertiary/aromatic N) is 3. The average molecular weight is 746 g/mol. The number of allylic oxidation sites excluding steroid dienone is 7. The van der Waals surface area contributed by atoms with Crippen LogP contribution in [-0.2, 0) is 32.1 Å². The molecule has 55 heavy (non-hydrogen) atoms. The molecule has 3 heterocycles. The van der Waals surface area contributed by atoms with Crippen LogP contribution in [0, 0.1) is 5.92 Å². The number of ether oxygens (including phenoxy) is 4. The number of carbonyl (C=O) groups is 1.